The molecule has 12 aliphatic carbocycles. The zero-order chi connectivity index (χ0) is 86.7. The van der Waals surface area contributed by atoms with Gasteiger partial charge in [0.25, 0.3) is 0 Å². The van der Waals surface area contributed by atoms with Gasteiger partial charge in [-0.05, 0) is 312 Å². The van der Waals surface area contributed by atoms with Crippen LogP contribution in [0.5, 0.6) is 0 Å². The van der Waals surface area contributed by atoms with Crippen molar-refractivity contribution in [2.45, 2.75) is 422 Å². The molecule has 15 unspecified atom stereocenters. The van der Waals surface area contributed by atoms with Crippen molar-refractivity contribution in [2.24, 2.45) is 157 Å². The summed E-state index contributed by atoms with van der Waals surface area (Å²) in [6.07, 6.45) is 14.6. The smallest absolute Gasteiger partial charge is 0.187 e. The molecular weight excluding hydrogens is 1570 g/mol. The van der Waals surface area contributed by atoms with E-state index in [-0.39, 0.29) is 52.2 Å². The molecule has 0 bridgehead atoms. The van der Waals surface area contributed by atoms with Crippen molar-refractivity contribution in [3.8, 4) is 0 Å². The summed E-state index contributed by atoms with van der Waals surface area (Å²) < 4.78 is 76.3. The maximum Gasteiger partial charge on any atom is 0.187 e. The van der Waals surface area contributed by atoms with Gasteiger partial charge in [-0.2, -0.15) is 0 Å². The van der Waals surface area contributed by atoms with Crippen molar-refractivity contribution < 1.29 is 118 Å². The summed E-state index contributed by atoms with van der Waals surface area (Å²) in [5, 5.41) is 123. The van der Waals surface area contributed by atoms with Crippen LogP contribution in [0.1, 0.15) is 276 Å². The summed E-state index contributed by atoms with van der Waals surface area (Å²) in [6, 6.07) is 0. The number of aliphatic hydroxyl groups is 12. The van der Waals surface area contributed by atoms with Crippen LogP contribution in [0, 0.1) is 157 Å². The zero-order valence-electron chi connectivity index (χ0n) is 76.5. The summed E-state index contributed by atoms with van der Waals surface area (Å²) in [7, 11) is 0. The highest BCUT2D eigenvalue weighted by Gasteiger charge is 2.74. The Morgan fingerprint density at radius 2 is 0.610 bits per heavy atom. The van der Waals surface area contributed by atoms with E-state index in [1.165, 1.54) is 109 Å². The van der Waals surface area contributed by atoms with Crippen molar-refractivity contribution in [3.63, 3.8) is 0 Å². The molecule has 12 saturated carbocycles. The Bertz CT molecular complexity index is 3630. The second-order valence-electron chi connectivity index (χ2n) is 47.7. The molecule has 21 rings (SSSR count). The molecule has 12 N–H and O–H groups in total. The first kappa shape index (κ1) is 91.2. The normalized spacial score (nSPS) is 60.3. The third kappa shape index (κ3) is 14.7. The minimum Gasteiger partial charge on any atom is -0.394 e. The van der Waals surface area contributed by atoms with Gasteiger partial charge in [0.2, 0.25) is 0 Å². The lowest BCUT2D eigenvalue weighted by molar-refractivity contribution is -0.373. The standard InChI is InChI=1S/C39H64O13.C33H54O8.C27H44O3/c1-18-7-12-39(47-17-18)19(2)28-25(52-39)14-24-22-6-5-20-13-21(8-10-37(20,3)23(22)9-11-38(24,28)4)48-36-34(32(45)30(43)27(16-41)50-36)51-35-33(46)31(44)29(42)26(15-40)49-35;1-17-7-12-33(38-16-17)18(2)26-24(41-33)14-23-21-6-5-19-13-20(8-10-31(19,3)22(21)9-11-32(23,26)4)39-30-29(37)28(36)27(35)25(15-34)40-30;1-16-7-12-27(29-15-16)17(2)24-23(30-27)14-22-20-6-5-18-13-19(28)8-10-25(18,3)21(20)9-11-26(22,24)4/h18-36,40-46H,5-17H2,1-4H3;17-30,34-37H,5-16H2,1-4H3;16-24,28H,5-15H2,1-4H3/t18-,19-,20+,21-,22?,23?,24-,25-,26?,27?,28?,29+,30-,31-,32-,33?,34?,35-,36+,37-,38-,39+;17-,18-,19+,20-,21?,22?,23-,24-,25?,26?,27-,28-,29?,30+,31-,32-,33+;16-,17-,18+,19-,20?,21?,22-,23-,24?,25-,26-,27+/m000/s1. The lowest BCUT2D eigenvalue weighted by atomic mass is 9.44. The van der Waals surface area contributed by atoms with E-state index < -0.39 is 118 Å². The predicted octanol–water partition coefficient (Wildman–Crippen LogP) is 10.9. The average Bonchev–Trinajstić information content (AvgIpc) is 1.55. The summed E-state index contributed by atoms with van der Waals surface area (Å²) >= 11 is 0. The number of hydrogen-bond acceptors (Lipinski definition) is 24. The van der Waals surface area contributed by atoms with Gasteiger partial charge in [0.05, 0.1) is 76.3 Å². The maximum absolute atomic E-state index is 11.1. The molecule has 51 atom stereocenters. The first-order chi connectivity index (χ1) is 58.5. The van der Waals surface area contributed by atoms with Crippen LogP contribution in [0.25, 0.3) is 0 Å². The molecule has 0 aromatic heterocycles. The van der Waals surface area contributed by atoms with Gasteiger partial charge >= 0.3 is 0 Å². The fraction of sp³-hybridized carbons (Fsp3) is 1.00. The van der Waals surface area contributed by atoms with Crippen LogP contribution in [0.15, 0.2) is 0 Å². The van der Waals surface area contributed by atoms with E-state index in [0.29, 0.717) is 111 Å². The van der Waals surface area contributed by atoms with Crippen LogP contribution in [0.4, 0.5) is 0 Å². The molecular formula is C99H162O24. The molecule has 123 heavy (non-hydrogen) atoms. The zero-order valence-corrected chi connectivity index (χ0v) is 76.5. The molecule has 21 fully saturated rings. The highest BCUT2D eigenvalue weighted by atomic mass is 16.8. The first-order valence-corrected chi connectivity index (χ1v) is 50.3. The maximum atomic E-state index is 11.1. The van der Waals surface area contributed by atoms with E-state index in [2.05, 4.69) is 83.1 Å². The monoisotopic (exact) mass is 1740 g/mol. The van der Waals surface area contributed by atoms with E-state index >= 15 is 0 Å². The minimum absolute atomic E-state index is 0.0389. The van der Waals surface area contributed by atoms with Crippen LogP contribution in [0.3, 0.4) is 0 Å². The Morgan fingerprint density at radius 3 is 0.959 bits per heavy atom. The van der Waals surface area contributed by atoms with Crippen LogP contribution in [-0.2, 0) is 56.8 Å². The Labute approximate surface area is 732 Å². The molecule has 3 spiro atoms. The summed E-state index contributed by atoms with van der Waals surface area (Å²) in [5.41, 5.74) is 1.94. The van der Waals surface area contributed by atoms with Crippen LogP contribution >= 0.6 is 0 Å². The number of fused-ring (bicyclic) bond motifs is 21. The Morgan fingerprint density at radius 1 is 0.293 bits per heavy atom. The van der Waals surface area contributed by atoms with Gasteiger partial charge in [-0.15, -0.1) is 0 Å². The third-order valence-electron chi connectivity index (χ3n) is 42.1. The van der Waals surface area contributed by atoms with E-state index in [9.17, 15) is 61.3 Å². The lowest BCUT2D eigenvalue weighted by Gasteiger charge is -2.61. The minimum atomic E-state index is -1.71. The number of rotatable bonds is 9. The molecule has 21 aliphatic rings. The van der Waals surface area contributed by atoms with Gasteiger partial charge in [-0.1, -0.05) is 83.1 Å². The summed E-state index contributed by atoms with van der Waals surface area (Å²) in [4.78, 5) is 0. The van der Waals surface area contributed by atoms with Crippen molar-refractivity contribution in [1.82, 2.24) is 0 Å². The fourth-order valence-corrected chi connectivity index (χ4v) is 35.2. The topological polar surface area (TPSA) is 354 Å². The average molecular weight is 1740 g/mol. The first-order valence-electron chi connectivity index (χ1n) is 50.3. The molecule has 702 valence electrons. The number of aliphatic hydroxyl groups excluding tert-OH is 12. The van der Waals surface area contributed by atoms with Crippen molar-refractivity contribution in [2.75, 3.05) is 39.6 Å². The molecule has 0 aromatic rings. The predicted molar refractivity (Wildman–Crippen MR) is 451 cm³/mol. The second-order valence-corrected chi connectivity index (χ2v) is 47.7. The van der Waals surface area contributed by atoms with Crippen LogP contribution in [0.2, 0.25) is 0 Å². The van der Waals surface area contributed by atoms with Gasteiger partial charge in [0.15, 0.2) is 36.2 Å². The molecule has 0 aromatic carbocycles. The van der Waals surface area contributed by atoms with E-state index in [0.717, 1.165) is 145 Å². The molecule has 0 radical (unpaired) electrons. The van der Waals surface area contributed by atoms with Gasteiger partial charge in [-0.25, -0.2) is 0 Å². The second kappa shape index (κ2) is 33.8. The van der Waals surface area contributed by atoms with E-state index in [1.807, 2.05) is 0 Å². The van der Waals surface area contributed by atoms with Gasteiger partial charge < -0.3 is 118 Å². The van der Waals surface area contributed by atoms with E-state index in [1.54, 1.807) is 0 Å². The third-order valence-corrected chi connectivity index (χ3v) is 42.1. The van der Waals surface area contributed by atoms with Crippen molar-refractivity contribution >= 4 is 0 Å². The Kier molecular flexibility index (Phi) is 25.1. The Balaban J connectivity index is 0.000000126. The van der Waals surface area contributed by atoms with Crippen molar-refractivity contribution in [1.29, 1.82) is 0 Å². The lowest BCUT2D eigenvalue weighted by Crippen LogP contribution is -2.65. The highest BCUT2D eigenvalue weighted by molar-refractivity contribution is 5.20. The molecule has 24 nitrogen and oxygen atoms in total. The van der Waals surface area contributed by atoms with Crippen LogP contribution < -0.4 is 0 Å². The highest BCUT2D eigenvalue weighted by Crippen LogP contribution is 2.76. The SMILES string of the molecule is C[C@H]1CC[C@@]2(OC1)O[C@H]1C[C@H]3C4CC[C@@H]5C[C@@H](O)CC[C@]5(C)C4CC[C@]3(C)C1[C@@H]2C.C[C@H]1CC[C@@]2(OC1)O[C@H]1C[C@H]3C4CC[C@@H]5C[C@@H](O[C@@H]6OC(CO)[C@H](O)[C@H](O)C6O)CC[C@]5(C)C4CC[C@]3(C)C1[C@@H]2C.C[C@H]1CC[C@@]2(OC1)O[C@H]1C[C@H]3C4CC[C@@H]5C[C@@H](O[C@@H]6OC(CO)[C@H](O)[C@H](O)C6O[C@@H]6OC(CO)[C@@H](O)[C@H](O)C6O)CC[C@]5(C)C4CC[C@]3(C)C1[C@@H]2C. The summed E-state index contributed by atoms with van der Waals surface area (Å²) in [5.74, 6) is 12.5. The van der Waals surface area contributed by atoms with Gasteiger partial charge in [0.1, 0.15) is 73.2 Å². The largest absolute Gasteiger partial charge is 0.394 e. The van der Waals surface area contributed by atoms with Gasteiger partial charge in [0, 0.05) is 37.0 Å². The molecule has 9 saturated heterocycles. The Hall–Kier alpha value is -0.960. The molecule has 0 amide bonds. The number of hydrogen-bond donors (Lipinski definition) is 12. The number of ether oxygens (including phenoxy) is 12. The van der Waals surface area contributed by atoms with E-state index in [4.69, 9.17) is 56.8 Å². The quantitative estimate of drug-likeness (QED) is 0.0954. The summed E-state index contributed by atoms with van der Waals surface area (Å²) in [6.45, 7) is 30.5. The fourth-order valence-electron chi connectivity index (χ4n) is 35.2. The molecule has 24 heteroatoms. The molecule has 9 aliphatic heterocycles. The van der Waals surface area contributed by atoms with Gasteiger partial charge in [-0.3, -0.25) is 0 Å². The van der Waals surface area contributed by atoms with Crippen molar-refractivity contribution in [3.05, 3.63) is 0 Å². The van der Waals surface area contributed by atoms with Crippen LogP contribution in [-0.4, -0.2) is 247 Å². The molecule has 9 heterocycles.